The van der Waals surface area contributed by atoms with E-state index in [4.69, 9.17) is 0 Å². The van der Waals surface area contributed by atoms with Crippen molar-refractivity contribution >= 4 is 86.7 Å². The van der Waals surface area contributed by atoms with Gasteiger partial charge in [0.25, 0.3) is 0 Å². The van der Waals surface area contributed by atoms with E-state index < -0.39 is 0 Å². The van der Waals surface area contributed by atoms with E-state index in [0.29, 0.717) is 0 Å². The Morgan fingerprint density at radius 2 is 0.689 bits per heavy atom. The largest absolute Gasteiger partial charge is 0.309 e. The second kappa shape index (κ2) is 8.19. The highest BCUT2D eigenvalue weighted by Gasteiger charge is 2.22. The molecule has 0 saturated heterocycles. The Bertz CT molecular complexity index is 2810. The molecule has 0 saturated carbocycles. The van der Waals surface area contributed by atoms with E-state index in [0.717, 1.165) is 0 Å². The second-order valence-electron chi connectivity index (χ2n) is 12.5. The van der Waals surface area contributed by atoms with Crippen molar-refractivity contribution in [3.63, 3.8) is 0 Å². The molecule has 0 spiro atoms. The van der Waals surface area contributed by atoms with Crippen LogP contribution in [-0.4, -0.2) is 9.13 Å². The van der Waals surface area contributed by atoms with E-state index in [1.165, 1.54) is 104 Å². The van der Waals surface area contributed by atoms with Gasteiger partial charge in [-0.05, 0) is 98.0 Å². The molecule has 0 fully saturated rings. The zero-order chi connectivity index (χ0) is 29.4. The standard InChI is InChI=1S/C43H26N2/c1-25-24-26(44-36-18-6-14-31-27-10-2-3-11-28(27)32-15-7-19-37(44)41(32)40(31)36)22-23-35(25)45-38-20-8-16-33-29-12-4-5-13-30(29)34-17-9-21-39(45)43(34)42(33)38/h2-24H,1H3. The molecule has 2 aromatic heterocycles. The third-order valence-corrected chi connectivity index (χ3v) is 10.3. The van der Waals surface area contributed by atoms with Crippen LogP contribution in [0, 0.1) is 6.92 Å². The van der Waals surface area contributed by atoms with E-state index in [1.807, 2.05) is 0 Å². The van der Waals surface area contributed by atoms with Crippen molar-refractivity contribution < 1.29 is 0 Å². The molecule has 0 aliphatic rings. The summed E-state index contributed by atoms with van der Waals surface area (Å²) in [6.45, 7) is 2.26. The summed E-state index contributed by atoms with van der Waals surface area (Å²) in [7, 11) is 0. The summed E-state index contributed by atoms with van der Waals surface area (Å²) < 4.78 is 4.95. The smallest absolute Gasteiger partial charge is 0.0547 e. The fourth-order valence-corrected chi connectivity index (χ4v) is 8.59. The van der Waals surface area contributed by atoms with E-state index in [9.17, 15) is 0 Å². The molecule has 0 aliphatic carbocycles. The Hall–Kier alpha value is -5.86. The Balaban J connectivity index is 1.21. The van der Waals surface area contributed by atoms with Crippen LogP contribution in [0.15, 0.2) is 140 Å². The SMILES string of the molecule is Cc1cc(-n2c3cccc4c5ccccc5c5cccc2c5c43)ccc1-n1c2cccc3c4ccccc4c4cccc1c4c32. The molecule has 0 atom stereocenters. The molecule has 0 N–H and O–H groups in total. The number of hydrogen-bond acceptors (Lipinski definition) is 0. The number of fused-ring (bicyclic) bond motifs is 6. The van der Waals surface area contributed by atoms with Crippen molar-refractivity contribution in [3.8, 4) is 11.4 Å². The molecule has 9 aromatic carbocycles. The Morgan fingerprint density at radius 1 is 0.333 bits per heavy atom. The van der Waals surface area contributed by atoms with Crippen LogP contribution in [0.3, 0.4) is 0 Å². The highest BCUT2D eigenvalue weighted by molar-refractivity contribution is 6.35. The fourth-order valence-electron chi connectivity index (χ4n) is 8.59. The number of hydrogen-bond donors (Lipinski definition) is 0. The van der Waals surface area contributed by atoms with Crippen LogP contribution in [0.1, 0.15) is 5.56 Å². The van der Waals surface area contributed by atoms with Gasteiger partial charge in [-0.15, -0.1) is 0 Å². The summed E-state index contributed by atoms with van der Waals surface area (Å²) in [5.41, 5.74) is 8.69. The quantitative estimate of drug-likeness (QED) is 0.183. The minimum absolute atomic E-state index is 1.19. The first-order valence-corrected chi connectivity index (χ1v) is 15.7. The van der Waals surface area contributed by atoms with Gasteiger partial charge in [0.15, 0.2) is 0 Å². The van der Waals surface area contributed by atoms with Crippen molar-refractivity contribution in [2.45, 2.75) is 6.92 Å². The highest BCUT2D eigenvalue weighted by Crippen LogP contribution is 2.45. The molecule has 45 heavy (non-hydrogen) atoms. The zero-order valence-electron chi connectivity index (χ0n) is 24.7. The van der Waals surface area contributed by atoms with Gasteiger partial charge < -0.3 is 9.13 Å². The molecule has 0 bridgehead atoms. The van der Waals surface area contributed by atoms with Gasteiger partial charge in [-0.2, -0.15) is 0 Å². The molecular weight excluding hydrogens is 544 g/mol. The van der Waals surface area contributed by atoms with Crippen LogP contribution in [0.25, 0.3) is 98.1 Å². The first-order valence-electron chi connectivity index (χ1n) is 15.7. The Kier molecular flexibility index (Phi) is 4.29. The van der Waals surface area contributed by atoms with Crippen LogP contribution in [0.2, 0.25) is 0 Å². The van der Waals surface area contributed by atoms with E-state index in [-0.39, 0.29) is 0 Å². The van der Waals surface area contributed by atoms with Gasteiger partial charge >= 0.3 is 0 Å². The molecule has 208 valence electrons. The maximum atomic E-state index is 2.48. The van der Waals surface area contributed by atoms with Gasteiger partial charge in [0.1, 0.15) is 0 Å². The monoisotopic (exact) mass is 570 g/mol. The van der Waals surface area contributed by atoms with E-state index in [1.54, 1.807) is 0 Å². The fraction of sp³-hybridized carbons (Fsp3) is 0.0233. The number of nitrogens with zero attached hydrogens (tertiary/aromatic N) is 2. The van der Waals surface area contributed by atoms with Gasteiger partial charge in [-0.25, -0.2) is 0 Å². The third kappa shape index (κ3) is 2.81. The van der Waals surface area contributed by atoms with Crippen molar-refractivity contribution in [2.24, 2.45) is 0 Å². The van der Waals surface area contributed by atoms with Gasteiger partial charge in [-0.1, -0.05) is 97.1 Å². The first kappa shape index (κ1) is 23.6. The van der Waals surface area contributed by atoms with E-state index >= 15 is 0 Å². The van der Waals surface area contributed by atoms with Crippen molar-refractivity contribution in [2.75, 3.05) is 0 Å². The van der Waals surface area contributed by atoms with Crippen LogP contribution < -0.4 is 0 Å². The lowest BCUT2D eigenvalue weighted by Crippen LogP contribution is -2.00. The molecule has 11 rings (SSSR count). The average Bonchev–Trinajstić information content (AvgIpc) is 3.62. The molecule has 0 aliphatic heterocycles. The van der Waals surface area contributed by atoms with Gasteiger partial charge in [-0.3, -0.25) is 0 Å². The molecule has 2 heterocycles. The molecule has 2 heteroatoms. The Labute approximate surface area is 258 Å². The average molecular weight is 571 g/mol. The maximum absolute atomic E-state index is 2.48. The normalized spacial score (nSPS) is 12.6. The second-order valence-corrected chi connectivity index (χ2v) is 12.5. The summed E-state index contributed by atoms with van der Waals surface area (Å²) in [5.74, 6) is 0. The Morgan fingerprint density at radius 3 is 1.07 bits per heavy atom. The number of benzene rings is 9. The van der Waals surface area contributed by atoms with Crippen LogP contribution in [0.5, 0.6) is 0 Å². The van der Waals surface area contributed by atoms with Crippen LogP contribution in [0.4, 0.5) is 0 Å². The van der Waals surface area contributed by atoms with Gasteiger partial charge in [0.2, 0.25) is 0 Å². The molecule has 0 amide bonds. The van der Waals surface area contributed by atoms with Gasteiger partial charge in [0.05, 0.1) is 22.1 Å². The lowest BCUT2D eigenvalue weighted by atomic mass is 9.95. The molecular formula is C43H26N2. The summed E-state index contributed by atoms with van der Waals surface area (Å²) in [6, 6.07) is 51.8. The molecule has 0 radical (unpaired) electrons. The summed E-state index contributed by atoms with van der Waals surface area (Å²) in [4.78, 5) is 0. The first-order chi connectivity index (χ1) is 22.3. The lowest BCUT2D eigenvalue weighted by molar-refractivity contribution is 1.12. The van der Waals surface area contributed by atoms with Crippen molar-refractivity contribution in [3.05, 3.63) is 145 Å². The summed E-state index contributed by atoms with van der Waals surface area (Å²) >= 11 is 0. The van der Waals surface area contributed by atoms with Crippen LogP contribution >= 0.6 is 0 Å². The molecule has 2 nitrogen and oxygen atoms in total. The minimum atomic E-state index is 1.19. The summed E-state index contributed by atoms with van der Waals surface area (Å²) in [6.07, 6.45) is 0. The third-order valence-electron chi connectivity index (χ3n) is 10.3. The highest BCUT2D eigenvalue weighted by atomic mass is 15.0. The predicted molar refractivity (Wildman–Crippen MR) is 192 cm³/mol. The minimum Gasteiger partial charge on any atom is -0.309 e. The molecule has 11 aromatic rings. The molecule has 0 unspecified atom stereocenters. The topological polar surface area (TPSA) is 9.86 Å². The van der Waals surface area contributed by atoms with Crippen molar-refractivity contribution in [1.29, 1.82) is 0 Å². The number of rotatable bonds is 2. The lowest BCUT2D eigenvalue weighted by Gasteiger charge is -2.15. The maximum Gasteiger partial charge on any atom is 0.0547 e. The van der Waals surface area contributed by atoms with Gasteiger partial charge in [0, 0.05) is 32.9 Å². The number of aryl methyl sites for hydroxylation is 1. The van der Waals surface area contributed by atoms with Crippen LogP contribution in [-0.2, 0) is 0 Å². The zero-order valence-corrected chi connectivity index (χ0v) is 24.7. The summed E-state index contributed by atoms with van der Waals surface area (Å²) in [5, 5.41) is 16.0. The van der Waals surface area contributed by atoms with E-state index in [2.05, 4.69) is 156 Å². The predicted octanol–water partition coefficient (Wildman–Crippen LogP) is 11.7. The number of aromatic nitrogens is 2. The van der Waals surface area contributed by atoms with Crippen molar-refractivity contribution in [1.82, 2.24) is 9.13 Å².